The molecular formula is C11H14N4OS. The molecule has 6 heteroatoms. The van der Waals surface area contributed by atoms with Gasteiger partial charge in [-0.2, -0.15) is 5.10 Å². The van der Waals surface area contributed by atoms with Gasteiger partial charge in [0.15, 0.2) is 0 Å². The highest BCUT2D eigenvalue weighted by Gasteiger charge is 2.18. The lowest BCUT2D eigenvalue weighted by molar-refractivity contribution is -0.120. The largest absolute Gasteiger partial charge is 0.308 e. The van der Waals surface area contributed by atoms with Crippen molar-refractivity contribution in [2.24, 2.45) is 0 Å². The standard InChI is InChI=1S/C11H14N4OS/c16-9-3-1-8(2-4-9)13-7-10-14-15-6-5-12-11(15)17-10/h5-6,8,13H,1-4,7H2. The van der Waals surface area contributed by atoms with Gasteiger partial charge in [0.1, 0.15) is 10.8 Å². The zero-order valence-corrected chi connectivity index (χ0v) is 10.2. The number of rotatable bonds is 3. The van der Waals surface area contributed by atoms with E-state index in [1.807, 2.05) is 6.20 Å². The monoisotopic (exact) mass is 250 g/mol. The number of hydrogen-bond acceptors (Lipinski definition) is 5. The van der Waals surface area contributed by atoms with Crippen molar-refractivity contribution in [1.82, 2.24) is 19.9 Å². The van der Waals surface area contributed by atoms with Crippen LogP contribution in [0.4, 0.5) is 0 Å². The molecule has 2 aromatic rings. The summed E-state index contributed by atoms with van der Waals surface area (Å²) < 4.78 is 1.80. The molecule has 1 saturated carbocycles. The van der Waals surface area contributed by atoms with E-state index in [1.54, 1.807) is 22.0 Å². The summed E-state index contributed by atoms with van der Waals surface area (Å²) in [6.07, 6.45) is 6.97. The van der Waals surface area contributed by atoms with Gasteiger partial charge in [-0.15, -0.1) is 0 Å². The van der Waals surface area contributed by atoms with Gasteiger partial charge < -0.3 is 5.32 Å². The number of nitrogens with zero attached hydrogens (tertiary/aromatic N) is 3. The van der Waals surface area contributed by atoms with Crippen LogP contribution in [0.25, 0.3) is 4.96 Å². The Kier molecular flexibility index (Phi) is 2.90. The van der Waals surface area contributed by atoms with E-state index in [4.69, 9.17) is 0 Å². The summed E-state index contributed by atoms with van der Waals surface area (Å²) in [4.78, 5) is 16.2. The summed E-state index contributed by atoms with van der Waals surface area (Å²) in [6, 6.07) is 0.462. The van der Waals surface area contributed by atoms with Crippen molar-refractivity contribution in [3.05, 3.63) is 17.4 Å². The lowest BCUT2D eigenvalue weighted by Crippen LogP contribution is -2.32. The molecule has 0 spiro atoms. The van der Waals surface area contributed by atoms with Gasteiger partial charge in [0.2, 0.25) is 4.96 Å². The third kappa shape index (κ3) is 2.37. The molecule has 5 nitrogen and oxygen atoms in total. The number of imidazole rings is 1. The molecule has 0 unspecified atom stereocenters. The summed E-state index contributed by atoms with van der Waals surface area (Å²) in [6.45, 7) is 0.771. The Morgan fingerprint density at radius 2 is 2.29 bits per heavy atom. The van der Waals surface area contributed by atoms with Crippen LogP contribution in [0.3, 0.4) is 0 Å². The summed E-state index contributed by atoms with van der Waals surface area (Å²) in [5, 5.41) is 8.93. The van der Waals surface area contributed by atoms with E-state index >= 15 is 0 Å². The lowest BCUT2D eigenvalue weighted by Gasteiger charge is -2.21. The Morgan fingerprint density at radius 3 is 3.06 bits per heavy atom. The molecule has 0 aliphatic heterocycles. The maximum atomic E-state index is 11.1. The first-order valence-electron chi connectivity index (χ1n) is 5.85. The third-order valence-electron chi connectivity index (χ3n) is 3.10. The van der Waals surface area contributed by atoms with Crippen molar-refractivity contribution in [2.75, 3.05) is 0 Å². The van der Waals surface area contributed by atoms with Crippen molar-refractivity contribution >= 4 is 22.1 Å². The molecule has 1 aliphatic carbocycles. The van der Waals surface area contributed by atoms with Crippen molar-refractivity contribution in [2.45, 2.75) is 38.3 Å². The SMILES string of the molecule is O=C1CCC(NCc2nn3ccnc3s2)CC1. The number of fused-ring (bicyclic) bond motifs is 1. The first-order valence-corrected chi connectivity index (χ1v) is 6.67. The molecular weight excluding hydrogens is 236 g/mol. The number of carbonyl (C=O) groups is 1. The van der Waals surface area contributed by atoms with E-state index < -0.39 is 0 Å². The molecule has 1 fully saturated rings. The van der Waals surface area contributed by atoms with E-state index in [2.05, 4.69) is 15.4 Å². The van der Waals surface area contributed by atoms with Gasteiger partial charge >= 0.3 is 0 Å². The fourth-order valence-corrected chi connectivity index (χ4v) is 2.93. The lowest BCUT2D eigenvalue weighted by atomic mass is 9.94. The Hall–Kier alpha value is -1.27. The molecule has 90 valence electrons. The Labute approximate surface area is 103 Å². The van der Waals surface area contributed by atoms with Crippen molar-refractivity contribution < 1.29 is 4.79 Å². The van der Waals surface area contributed by atoms with Crippen LogP contribution in [0.5, 0.6) is 0 Å². The number of aromatic nitrogens is 3. The molecule has 2 heterocycles. The van der Waals surface area contributed by atoms with Crippen LogP contribution < -0.4 is 5.32 Å². The van der Waals surface area contributed by atoms with Gasteiger partial charge in [-0.3, -0.25) is 4.79 Å². The number of Topliss-reactive ketones (excluding diaryl/α,β-unsaturated/α-hetero) is 1. The smallest absolute Gasteiger partial charge is 0.212 e. The summed E-state index contributed by atoms with van der Waals surface area (Å²) >= 11 is 1.60. The minimum absolute atomic E-state index is 0.399. The molecule has 0 aromatic carbocycles. The number of carbonyl (C=O) groups excluding carboxylic acids is 1. The average molecular weight is 250 g/mol. The van der Waals surface area contributed by atoms with Crippen LogP contribution >= 0.6 is 11.3 Å². The van der Waals surface area contributed by atoms with Crippen molar-refractivity contribution in [1.29, 1.82) is 0 Å². The first kappa shape index (κ1) is 10.9. The summed E-state index contributed by atoms with van der Waals surface area (Å²) in [5.41, 5.74) is 0. The normalized spacial score (nSPS) is 18.0. The van der Waals surface area contributed by atoms with Gasteiger partial charge in [0.25, 0.3) is 0 Å². The van der Waals surface area contributed by atoms with Crippen LogP contribution in [0.2, 0.25) is 0 Å². The Morgan fingerprint density at radius 1 is 1.47 bits per heavy atom. The molecule has 2 aromatic heterocycles. The highest BCUT2D eigenvalue weighted by Crippen LogP contribution is 2.17. The zero-order valence-electron chi connectivity index (χ0n) is 9.43. The molecule has 17 heavy (non-hydrogen) atoms. The number of hydrogen-bond donors (Lipinski definition) is 1. The van der Waals surface area contributed by atoms with E-state index in [0.29, 0.717) is 11.8 Å². The maximum absolute atomic E-state index is 11.1. The summed E-state index contributed by atoms with van der Waals surface area (Å²) in [7, 11) is 0. The van der Waals surface area contributed by atoms with Crippen LogP contribution in [0.1, 0.15) is 30.7 Å². The third-order valence-corrected chi connectivity index (χ3v) is 4.04. The molecule has 0 bridgehead atoms. The molecule has 0 saturated heterocycles. The molecule has 0 amide bonds. The van der Waals surface area contributed by atoms with Gasteiger partial charge in [0.05, 0.1) is 6.20 Å². The van der Waals surface area contributed by atoms with Crippen LogP contribution in [-0.2, 0) is 11.3 Å². The highest BCUT2D eigenvalue weighted by atomic mass is 32.1. The molecule has 0 atom stereocenters. The predicted octanol–water partition coefficient (Wildman–Crippen LogP) is 1.39. The van der Waals surface area contributed by atoms with E-state index in [9.17, 15) is 4.79 Å². The molecule has 1 N–H and O–H groups in total. The van der Waals surface area contributed by atoms with Crippen molar-refractivity contribution in [3.8, 4) is 0 Å². The van der Waals surface area contributed by atoms with Crippen LogP contribution in [0.15, 0.2) is 12.4 Å². The minimum Gasteiger partial charge on any atom is -0.308 e. The topological polar surface area (TPSA) is 59.3 Å². The average Bonchev–Trinajstić information content (AvgIpc) is 2.88. The van der Waals surface area contributed by atoms with Crippen LogP contribution in [-0.4, -0.2) is 26.4 Å². The molecule has 3 rings (SSSR count). The Bertz CT molecular complexity index is 494. The van der Waals surface area contributed by atoms with E-state index in [-0.39, 0.29) is 0 Å². The van der Waals surface area contributed by atoms with Gasteiger partial charge in [-0.05, 0) is 12.8 Å². The summed E-state index contributed by atoms with van der Waals surface area (Å²) in [5.74, 6) is 0.399. The van der Waals surface area contributed by atoms with E-state index in [0.717, 1.165) is 42.2 Å². The minimum atomic E-state index is 0.399. The zero-order chi connectivity index (χ0) is 11.7. The second-order valence-corrected chi connectivity index (χ2v) is 5.38. The van der Waals surface area contributed by atoms with E-state index in [1.165, 1.54) is 0 Å². The predicted molar refractivity (Wildman–Crippen MR) is 65.0 cm³/mol. The first-order chi connectivity index (χ1) is 8.31. The quantitative estimate of drug-likeness (QED) is 0.894. The fraction of sp³-hybridized carbons (Fsp3) is 0.545. The number of ketones is 1. The number of nitrogens with one attached hydrogen (secondary N) is 1. The highest BCUT2D eigenvalue weighted by molar-refractivity contribution is 7.16. The second kappa shape index (κ2) is 4.54. The fourth-order valence-electron chi connectivity index (χ4n) is 2.13. The van der Waals surface area contributed by atoms with Gasteiger partial charge in [-0.1, -0.05) is 11.3 Å². The van der Waals surface area contributed by atoms with Crippen LogP contribution in [0, 0.1) is 0 Å². The van der Waals surface area contributed by atoms with Crippen molar-refractivity contribution in [3.63, 3.8) is 0 Å². The van der Waals surface area contributed by atoms with Gasteiger partial charge in [0, 0.05) is 31.6 Å². The second-order valence-electron chi connectivity index (χ2n) is 4.34. The molecule has 1 aliphatic rings. The molecule has 0 radical (unpaired) electrons. The Balaban J connectivity index is 1.57. The van der Waals surface area contributed by atoms with Gasteiger partial charge in [-0.25, -0.2) is 9.50 Å². The maximum Gasteiger partial charge on any atom is 0.212 e.